The molecule has 0 N–H and O–H groups in total. The number of benzene rings is 2. The molecular formula is C20H14FNO2. The number of hydrogen-bond donors (Lipinski definition) is 0. The molecule has 3 nitrogen and oxygen atoms in total. The van der Waals surface area contributed by atoms with Crippen molar-refractivity contribution in [3.05, 3.63) is 95.6 Å². The molecule has 4 heteroatoms. The predicted octanol–water partition coefficient (Wildman–Crippen LogP) is 4.61. The van der Waals surface area contributed by atoms with Gasteiger partial charge in [0, 0.05) is 6.20 Å². The number of halogens is 1. The third kappa shape index (κ3) is 3.93. The SMILES string of the molecule is O=C(Oc1ccc(/C=C/c2ccccn2)cc1)c1ccccc1F. The quantitative estimate of drug-likeness (QED) is 0.521. The van der Waals surface area contributed by atoms with Gasteiger partial charge in [-0.05, 0) is 48.0 Å². The Morgan fingerprint density at radius 3 is 2.38 bits per heavy atom. The van der Waals surface area contributed by atoms with Gasteiger partial charge >= 0.3 is 5.97 Å². The Bertz CT molecular complexity index is 858. The molecule has 0 atom stereocenters. The second-order valence-electron chi connectivity index (χ2n) is 5.03. The summed E-state index contributed by atoms with van der Waals surface area (Å²) < 4.78 is 18.7. The molecule has 1 heterocycles. The van der Waals surface area contributed by atoms with Crippen molar-refractivity contribution in [2.45, 2.75) is 0 Å². The van der Waals surface area contributed by atoms with E-state index in [2.05, 4.69) is 4.98 Å². The van der Waals surface area contributed by atoms with E-state index in [1.807, 2.05) is 42.5 Å². The van der Waals surface area contributed by atoms with Gasteiger partial charge in [-0.2, -0.15) is 0 Å². The molecule has 0 fully saturated rings. The molecule has 24 heavy (non-hydrogen) atoms. The Kier molecular flexibility index (Phi) is 4.77. The summed E-state index contributed by atoms with van der Waals surface area (Å²) in [4.78, 5) is 16.1. The Hall–Kier alpha value is -3.27. The summed E-state index contributed by atoms with van der Waals surface area (Å²) in [6, 6.07) is 18.3. The van der Waals surface area contributed by atoms with Crippen molar-refractivity contribution in [2.24, 2.45) is 0 Å². The molecule has 0 saturated heterocycles. The lowest BCUT2D eigenvalue weighted by atomic mass is 10.2. The molecule has 0 aliphatic carbocycles. The lowest BCUT2D eigenvalue weighted by Gasteiger charge is -2.05. The molecule has 3 rings (SSSR count). The first-order valence-electron chi connectivity index (χ1n) is 7.38. The van der Waals surface area contributed by atoms with Gasteiger partial charge in [0.1, 0.15) is 11.6 Å². The predicted molar refractivity (Wildman–Crippen MR) is 91.0 cm³/mol. The summed E-state index contributed by atoms with van der Waals surface area (Å²) in [6.07, 6.45) is 5.52. The van der Waals surface area contributed by atoms with Gasteiger partial charge < -0.3 is 4.74 Å². The van der Waals surface area contributed by atoms with Crippen LogP contribution < -0.4 is 4.74 Å². The van der Waals surface area contributed by atoms with E-state index in [4.69, 9.17) is 4.74 Å². The molecule has 0 spiro atoms. The number of pyridine rings is 1. The van der Waals surface area contributed by atoms with Gasteiger partial charge in [0.15, 0.2) is 0 Å². The molecule has 0 aliphatic rings. The smallest absolute Gasteiger partial charge is 0.346 e. The van der Waals surface area contributed by atoms with Crippen LogP contribution in [0.15, 0.2) is 72.9 Å². The number of carbonyl (C=O) groups is 1. The van der Waals surface area contributed by atoms with E-state index in [0.29, 0.717) is 5.75 Å². The molecule has 118 valence electrons. The van der Waals surface area contributed by atoms with Crippen LogP contribution >= 0.6 is 0 Å². The van der Waals surface area contributed by atoms with Crippen molar-refractivity contribution in [2.75, 3.05) is 0 Å². The molecule has 2 aromatic carbocycles. The van der Waals surface area contributed by atoms with Crippen LogP contribution in [0.3, 0.4) is 0 Å². The van der Waals surface area contributed by atoms with Gasteiger partial charge in [-0.25, -0.2) is 9.18 Å². The second-order valence-corrected chi connectivity index (χ2v) is 5.03. The first-order valence-corrected chi connectivity index (χ1v) is 7.38. The zero-order valence-electron chi connectivity index (χ0n) is 12.7. The van der Waals surface area contributed by atoms with E-state index < -0.39 is 11.8 Å². The Morgan fingerprint density at radius 1 is 0.917 bits per heavy atom. The van der Waals surface area contributed by atoms with Crippen LogP contribution in [0.1, 0.15) is 21.6 Å². The van der Waals surface area contributed by atoms with E-state index in [1.165, 1.54) is 18.2 Å². The molecule has 0 radical (unpaired) electrons. The average molecular weight is 319 g/mol. The first kappa shape index (κ1) is 15.6. The second kappa shape index (κ2) is 7.33. The lowest BCUT2D eigenvalue weighted by Crippen LogP contribution is -2.10. The molecule has 0 saturated carbocycles. The summed E-state index contributed by atoms with van der Waals surface area (Å²) in [6.45, 7) is 0. The molecular weight excluding hydrogens is 305 g/mol. The highest BCUT2D eigenvalue weighted by Gasteiger charge is 2.12. The molecule has 0 bridgehead atoms. The Labute approximate surface area is 139 Å². The fourth-order valence-electron chi connectivity index (χ4n) is 2.09. The maximum Gasteiger partial charge on any atom is 0.346 e. The molecule has 0 unspecified atom stereocenters. The van der Waals surface area contributed by atoms with E-state index in [0.717, 1.165) is 11.3 Å². The number of carbonyl (C=O) groups excluding carboxylic acids is 1. The normalized spacial score (nSPS) is 10.7. The number of ether oxygens (including phenoxy) is 1. The zero-order chi connectivity index (χ0) is 16.8. The van der Waals surface area contributed by atoms with Crippen molar-refractivity contribution >= 4 is 18.1 Å². The standard InChI is InChI=1S/C20H14FNO2/c21-19-7-2-1-6-18(19)20(23)24-17-12-9-15(10-13-17)8-11-16-5-3-4-14-22-16/h1-14H/b11-8+. The number of nitrogens with zero attached hydrogens (tertiary/aromatic N) is 1. The highest BCUT2D eigenvalue weighted by Crippen LogP contribution is 2.17. The van der Waals surface area contributed by atoms with E-state index >= 15 is 0 Å². The zero-order valence-corrected chi connectivity index (χ0v) is 12.7. The summed E-state index contributed by atoms with van der Waals surface area (Å²) >= 11 is 0. The summed E-state index contributed by atoms with van der Waals surface area (Å²) in [7, 11) is 0. The van der Waals surface area contributed by atoms with Crippen LogP contribution in [0.4, 0.5) is 4.39 Å². The van der Waals surface area contributed by atoms with Crippen LogP contribution in [0.2, 0.25) is 0 Å². The van der Waals surface area contributed by atoms with E-state index in [-0.39, 0.29) is 5.56 Å². The van der Waals surface area contributed by atoms with Gasteiger partial charge in [-0.3, -0.25) is 4.98 Å². The summed E-state index contributed by atoms with van der Waals surface area (Å²) in [5.74, 6) is -0.958. The number of rotatable bonds is 4. The molecule has 0 amide bonds. The number of aromatic nitrogens is 1. The molecule has 0 aliphatic heterocycles. The fourth-order valence-corrected chi connectivity index (χ4v) is 2.09. The van der Waals surface area contributed by atoms with Gasteiger partial charge in [-0.15, -0.1) is 0 Å². The fraction of sp³-hybridized carbons (Fsp3) is 0. The van der Waals surface area contributed by atoms with E-state index in [9.17, 15) is 9.18 Å². The maximum absolute atomic E-state index is 13.6. The van der Waals surface area contributed by atoms with Crippen molar-refractivity contribution in [1.82, 2.24) is 4.98 Å². The van der Waals surface area contributed by atoms with Crippen LogP contribution in [0.25, 0.3) is 12.2 Å². The van der Waals surface area contributed by atoms with Crippen molar-refractivity contribution < 1.29 is 13.9 Å². The van der Waals surface area contributed by atoms with Crippen LogP contribution in [0.5, 0.6) is 5.75 Å². The van der Waals surface area contributed by atoms with E-state index in [1.54, 1.807) is 24.4 Å². The highest BCUT2D eigenvalue weighted by molar-refractivity contribution is 5.91. The van der Waals surface area contributed by atoms with Crippen molar-refractivity contribution in [3.63, 3.8) is 0 Å². The van der Waals surface area contributed by atoms with Crippen molar-refractivity contribution in [1.29, 1.82) is 0 Å². The minimum absolute atomic E-state index is 0.0865. The van der Waals surface area contributed by atoms with Crippen LogP contribution in [-0.2, 0) is 0 Å². The van der Waals surface area contributed by atoms with Gasteiger partial charge in [0.2, 0.25) is 0 Å². The maximum atomic E-state index is 13.6. The summed E-state index contributed by atoms with van der Waals surface area (Å²) in [5.41, 5.74) is 1.70. The average Bonchev–Trinajstić information content (AvgIpc) is 2.62. The minimum atomic E-state index is -0.718. The lowest BCUT2D eigenvalue weighted by molar-refractivity contribution is 0.0730. The van der Waals surface area contributed by atoms with Gasteiger partial charge in [0.25, 0.3) is 0 Å². The van der Waals surface area contributed by atoms with Crippen LogP contribution in [-0.4, -0.2) is 11.0 Å². The third-order valence-electron chi connectivity index (χ3n) is 3.32. The minimum Gasteiger partial charge on any atom is -0.423 e. The summed E-state index contributed by atoms with van der Waals surface area (Å²) in [5, 5.41) is 0. The van der Waals surface area contributed by atoms with Crippen molar-refractivity contribution in [3.8, 4) is 5.75 Å². The number of hydrogen-bond acceptors (Lipinski definition) is 3. The highest BCUT2D eigenvalue weighted by atomic mass is 19.1. The van der Waals surface area contributed by atoms with Gasteiger partial charge in [0.05, 0.1) is 11.3 Å². The largest absolute Gasteiger partial charge is 0.423 e. The molecule has 3 aromatic rings. The molecule has 1 aromatic heterocycles. The first-order chi connectivity index (χ1) is 11.7. The topological polar surface area (TPSA) is 39.2 Å². The Morgan fingerprint density at radius 2 is 1.67 bits per heavy atom. The van der Waals surface area contributed by atoms with Crippen LogP contribution in [0, 0.1) is 5.82 Å². The number of esters is 1. The third-order valence-corrected chi connectivity index (χ3v) is 3.32. The Balaban J connectivity index is 1.68. The monoisotopic (exact) mass is 319 g/mol. The van der Waals surface area contributed by atoms with Gasteiger partial charge in [-0.1, -0.05) is 36.4 Å².